The van der Waals surface area contributed by atoms with Gasteiger partial charge in [-0.3, -0.25) is 0 Å². The van der Waals surface area contributed by atoms with Crippen LogP contribution in [0.15, 0.2) is 12.4 Å². The van der Waals surface area contributed by atoms with E-state index in [1.807, 2.05) is 30.9 Å². The number of hydrogen-bond donors (Lipinski definition) is 1. The maximum atomic E-state index is 4.57. The van der Waals surface area contributed by atoms with Crippen LogP contribution >= 0.6 is 0 Å². The van der Waals surface area contributed by atoms with Crippen LogP contribution in [0.3, 0.4) is 0 Å². The first-order chi connectivity index (χ1) is 8.65. The predicted octanol–water partition coefficient (Wildman–Crippen LogP) is 2.27. The molecule has 0 amide bonds. The molecule has 0 saturated carbocycles. The summed E-state index contributed by atoms with van der Waals surface area (Å²) in [7, 11) is 0. The second-order valence-corrected chi connectivity index (χ2v) is 4.28. The van der Waals surface area contributed by atoms with E-state index < -0.39 is 0 Å². The molecule has 0 bridgehead atoms. The van der Waals surface area contributed by atoms with E-state index in [0.29, 0.717) is 0 Å². The zero-order valence-corrected chi connectivity index (χ0v) is 11.4. The normalized spacial score (nSPS) is 10.7. The van der Waals surface area contributed by atoms with Gasteiger partial charge in [0.25, 0.3) is 0 Å². The second kappa shape index (κ2) is 5.16. The van der Waals surface area contributed by atoms with Crippen LogP contribution in [0.5, 0.6) is 0 Å². The molecule has 2 heterocycles. The van der Waals surface area contributed by atoms with Crippen molar-refractivity contribution in [2.24, 2.45) is 0 Å². The van der Waals surface area contributed by atoms with Crippen LogP contribution in [0.1, 0.15) is 30.8 Å². The average molecular weight is 245 g/mol. The first-order valence-electron chi connectivity index (χ1n) is 6.28. The predicted molar refractivity (Wildman–Crippen MR) is 72.2 cm³/mol. The van der Waals surface area contributed by atoms with Crippen LogP contribution in [0, 0.1) is 13.8 Å². The minimum atomic E-state index is 0.811. The third-order valence-corrected chi connectivity index (χ3v) is 2.76. The van der Waals surface area contributed by atoms with Gasteiger partial charge in [0.05, 0.1) is 6.20 Å². The summed E-state index contributed by atoms with van der Waals surface area (Å²) in [6, 6.07) is 0. The van der Waals surface area contributed by atoms with Gasteiger partial charge in [0, 0.05) is 24.7 Å². The van der Waals surface area contributed by atoms with Gasteiger partial charge in [-0.25, -0.2) is 14.6 Å². The Balaban J connectivity index is 2.54. The van der Waals surface area contributed by atoms with Crippen LogP contribution in [0.25, 0.3) is 5.82 Å². The van der Waals surface area contributed by atoms with Crippen molar-refractivity contribution in [2.75, 3.05) is 11.9 Å². The van der Waals surface area contributed by atoms with E-state index in [0.717, 1.165) is 41.6 Å². The molecular formula is C13H19N5. The van der Waals surface area contributed by atoms with Gasteiger partial charge < -0.3 is 5.32 Å². The molecule has 0 atom stereocenters. The molecule has 96 valence electrons. The third-order valence-electron chi connectivity index (χ3n) is 2.76. The first kappa shape index (κ1) is 12.5. The van der Waals surface area contributed by atoms with Crippen LogP contribution in [0.4, 0.5) is 5.82 Å². The van der Waals surface area contributed by atoms with Crippen LogP contribution in [-0.2, 0) is 6.42 Å². The summed E-state index contributed by atoms with van der Waals surface area (Å²) in [5.74, 6) is 2.58. The van der Waals surface area contributed by atoms with Crippen molar-refractivity contribution in [1.29, 1.82) is 0 Å². The zero-order chi connectivity index (χ0) is 13.1. The van der Waals surface area contributed by atoms with Crippen LogP contribution in [-0.4, -0.2) is 26.3 Å². The summed E-state index contributed by atoms with van der Waals surface area (Å²) in [6.45, 7) is 9.00. The van der Waals surface area contributed by atoms with Crippen molar-refractivity contribution in [3.63, 3.8) is 0 Å². The Morgan fingerprint density at radius 1 is 1.22 bits per heavy atom. The van der Waals surface area contributed by atoms with E-state index >= 15 is 0 Å². The molecule has 0 unspecified atom stereocenters. The fraction of sp³-hybridized carbons (Fsp3) is 0.462. The Labute approximate surface area is 107 Å². The Morgan fingerprint density at radius 3 is 2.56 bits per heavy atom. The maximum Gasteiger partial charge on any atom is 0.162 e. The lowest BCUT2D eigenvalue weighted by Crippen LogP contribution is -2.11. The molecule has 2 rings (SSSR count). The molecule has 0 radical (unpaired) electrons. The van der Waals surface area contributed by atoms with E-state index in [1.165, 1.54) is 0 Å². The van der Waals surface area contributed by atoms with Crippen molar-refractivity contribution in [1.82, 2.24) is 19.7 Å². The molecule has 2 aromatic heterocycles. The number of nitrogens with zero attached hydrogens (tertiary/aromatic N) is 4. The quantitative estimate of drug-likeness (QED) is 0.897. The molecule has 2 aromatic rings. The van der Waals surface area contributed by atoms with Crippen molar-refractivity contribution in [2.45, 2.75) is 34.1 Å². The van der Waals surface area contributed by atoms with Gasteiger partial charge in [-0.2, -0.15) is 5.10 Å². The van der Waals surface area contributed by atoms with Gasteiger partial charge in [0.15, 0.2) is 5.82 Å². The van der Waals surface area contributed by atoms with Crippen molar-refractivity contribution >= 4 is 5.82 Å². The SMILES string of the molecule is CCNc1nc(CC)nc(-n2cc(C)cn2)c1C. The van der Waals surface area contributed by atoms with Gasteiger partial charge in [-0.15, -0.1) is 0 Å². The highest BCUT2D eigenvalue weighted by Crippen LogP contribution is 2.19. The van der Waals surface area contributed by atoms with Gasteiger partial charge >= 0.3 is 0 Å². The summed E-state index contributed by atoms with van der Waals surface area (Å²) in [5.41, 5.74) is 2.15. The highest BCUT2D eigenvalue weighted by Gasteiger charge is 2.11. The molecule has 0 fully saturated rings. The summed E-state index contributed by atoms with van der Waals surface area (Å²) in [4.78, 5) is 9.08. The van der Waals surface area contributed by atoms with E-state index in [4.69, 9.17) is 0 Å². The van der Waals surface area contributed by atoms with E-state index in [2.05, 4.69) is 34.2 Å². The smallest absolute Gasteiger partial charge is 0.162 e. The number of nitrogens with one attached hydrogen (secondary N) is 1. The Kier molecular flexibility index (Phi) is 3.60. The van der Waals surface area contributed by atoms with Gasteiger partial charge in [-0.1, -0.05) is 6.92 Å². The van der Waals surface area contributed by atoms with Crippen LogP contribution in [0.2, 0.25) is 0 Å². The fourth-order valence-electron chi connectivity index (χ4n) is 1.80. The van der Waals surface area contributed by atoms with E-state index in [1.54, 1.807) is 0 Å². The first-order valence-corrected chi connectivity index (χ1v) is 6.28. The standard InChI is InChI=1S/C13H19N5/c1-5-11-16-12(14-6-2)10(4)13(17-11)18-8-9(3)7-15-18/h7-8H,5-6H2,1-4H3,(H,14,16,17). The molecule has 0 spiro atoms. The van der Waals surface area contributed by atoms with Gasteiger partial charge in [0.2, 0.25) is 0 Å². The lowest BCUT2D eigenvalue weighted by atomic mass is 10.3. The summed E-state index contributed by atoms with van der Waals surface area (Å²) >= 11 is 0. The summed E-state index contributed by atoms with van der Waals surface area (Å²) < 4.78 is 1.81. The number of anilines is 1. The summed E-state index contributed by atoms with van der Waals surface area (Å²) in [5, 5.41) is 7.60. The third kappa shape index (κ3) is 2.34. The lowest BCUT2D eigenvalue weighted by molar-refractivity contribution is 0.803. The van der Waals surface area contributed by atoms with Crippen molar-refractivity contribution in [3.8, 4) is 5.82 Å². The number of rotatable bonds is 4. The Hall–Kier alpha value is -1.91. The van der Waals surface area contributed by atoms with Crippen molar-refractivity contribution in [3.05, 3.63) is 29.3 Å². The Bertz CT molecular complexity index is 544. The molecule has 0 aromatic carbocycles. The fourth-order valence-corrected chi connectivity index (χ4v) is 1.80. The monoisotopic (exact) mass is 245 g/mol. The zero-order valence-electron chi connectivity index (χ0n) is 11.4. The molecule has 1 N–H and O–H groups in total. The second-order valence-electron chi connectivity index (χ2n) is 4.28. The van der Waals surface area contributed by atoms with Gasteiger partial charge in [0.1, 0.15) is 11.6 Å². The highest BCUT2D eigenvalue weighted by molar-refractivity contribution is 5.51. The minimum Gasteiger partial charge on any atom is -0.370 e. The lowest BCUT2D eigenvalue weighted by Gasteiger charge is -2.12. The topological polar surface area (TPSA) is 55.6 Å². The summed E-state index contributed by atoms with van der Waals surface area (Å²) in [6.07, 6.45) is 4.62. The molecule has 0 aliphatic heterocycles. The Morgan fingerprint density at radius 2 is 2.00 bits per heavy atom. The minimum absolute atomic E-state index is 0.811. The largest absolute Gasteiger partial charge is 0.370 e. The van der Waals surface area contributed by atoms with E-state index in [9.17, 15) is 0 Å². The molecule has 0 aliphatic rings. The molecule has 5 heteroatoms. The molecule has 0 aliphatic carbocycles. The number of aryl methyl sites for hydroxylation is 2. The molecule has 0 saturated heterocycles. The van der Waals surface area contributed by atoms with Crippen molar-refractivity contribution < 1.29 is 0 Å². The van der Waals surface area contributed by atoms with Crippen LogP contribution < -0.4 is 5.32 Å². The van der Waals surface area contributed by atoms with E-state index in [-0.39, 0.29) is 0 Å². The number of hydrogen-bond acceptors (Lipinski definition) is 4. The highest BCUT2D eigenvalue weighted by atomic mass is 15.3. The van der Waals surface area contributed by atoms with Gasteiger partial charge in [-0.05, 0) is 26.3 Å². The average Bonchev–Trinajstić information content (AvgIpc) is 2.78. The molecule has 18 heavy (non-hydrogen) atoms. The molecule has 5 nitrogen and oxygen atoms in total. The molecular weight excluding hydrogens is 226 g/mol. The number of aromatic nitrogens is 4. The maximum absolute atomic E-state index is 4.57.